The number of aromatic amines is 1. The highest BCUT2D eigenvalue weighted by Gasteiger charge is 2.20. The molecule has 0 unspecified atom stereocenters. The number of fused-ring (bicyclic) bond motifs is 3. The molecule has 5 rings (SSSR count). The lowest BCUT2D eigenvalue weighted by molar-refractivity contribution is -0.308. The number of carboxylic acid groups (broad SMARTS) is 1. The SMILES string of the molecule is Cc1coc2c(C)c3oc(=O)c(CCC(=O)N[C@@H](Cc4c[nH]c5ccc(O)cc45)C(=O)[O-])c(C)c3cc12. The van der Waals surface area contributed by atoms with Crippen LogP contribution in [-0.2, 0) is 22.4 Å². The number of aromatic hydroxyl groups is 1. The second-order valence-corrected chi connectivity index (χ2v) is 9.35. The Balaban J connectivity index is 1.35. The van der Waals surface area contributed by atoms with Crippen molar-refractivity contribution in [2.45, 2.75) is 46.1 Å². The summed E-state index contributed by atoms with van der Waals surface area (Å²) in [5.74, 6) is -1.92. The van der Waals surface area contributed by atoms with Gasteiger partial charge in [0.15, 0.2) is 0 Å². The molecule has 2 aromatic carbocycles. The molecule has 0 aliphatic carbocycles. The summed E-state index contributed by atoms with van der Waals surface area (Å²) in [4.78, 5) is 40.3. The number of carbonyl (C=O) groups excluding carboxylic acids is 2. The van der Waals surface area contributed by atoms with Crippen molar-refractivity contribution >= 4 is 44.7 Å². The van der Waals surface area contributed by atoms with Crippen LogP contribution >= 0.6 is 0 Å². The minimum absolute atomic E-state index is 0.0337. The zero-order valence-electron chi connectivity index (χ0n) is 20.6. The maximum Gasteiger partial charge on any atom is 0.339 e. The van der Waals surface area contributed by atoms with E-state index in [0.717, 1.165) is 27.4 Å². The fraction of sp³-hybridized carbons (Fsp3) is 0.250. The van der Waals surface area contributed by atoms with E-state index in [-0.39, 0.29) is 25.0 Å². The highest BCUT2D eigenvalue weighted by atomic mass is 16.4. The van der Waals surface area contributed by atoms with Crippen molar-refractivity contribution in [2.24, 2.45) is 0 Å². The number of hydrogen-bond acceptors (Lipinski definition) is 7. The molecule has 0 fully saturated rings. The van der Waals surface area contributed by atoms with Gasteiger partial charge in [0.25, 0.3) is 0 Å². The van der Waals surface area contributed by atoms with E-state index in [4.69, 9.17) is 8.83 Å². The number of hydrogen-bond donors (Lipinski definition) is 3. The van der Waals surface area contributed by atoms with E-state index in [2.05, 4.69) is 10.3 Å². The van der Waals surface area contributed by atoms with Gasteiger partial charge in [0.2, 0.25) is 5.91 Å². The molecule has 0 bridgehead atoms. The first-order valence-corrected chi connectivity index (χ1v) is 11.9. The van der Waals surface area contributed by atoms with Crippen LogP contribution in [0.15, 0.2) is 50.4 Å². The second-order valence-electron chi connectivity index (χ2n) is 9.35. The molecule has 0 radical (unpaired) electrons. The van der Waals surface area contributed by atoms with E-state index in [0.29, 0.717) is 33.2 Å². The Hall–Kier alpha value is -4.53. The third-order valence-electron chi connectivity index (χ3n) is 6.93. The first-order chi connectivity index (χ1) is 17.6. The molecular weight excluding hydrogens is 476 g/mol. The number of phenols is 1. The molecule has 0 spiro atoms. The Kier molecular flexibility index (Phi) is 5.99. The monoisotopic (exact) mass is 501 g/mol. The second kappa shape index (κ2) is 9.16. The van der Waals surface area contributed by atoms with Gasteiger partial charge in [-0.15, -0.1) is 0 Å². The van der Waals surface area contributed by atoms with Crippen molar-refractivity contribution in [3.05, 3.63) is 75.0 Å². The number of aromatic nitrogens is 1. The first-order valence-electron chi connectivity index (χ1n) is 11.9. The highest BCUT2D eigenvalue weighted by Crippen LogP contribution is 2.32. The van der Waals surface area contributed by atoms with Crippen molar-refractivity contribution in [3.63, 3.8) is 0 Å². The Labute approximate surface area is 210 Å². The van der Waals surface area contributed by atoms with Crippen molar-refractivity contribution in [2.75, 3.05) is 0 Å². The number of H-pyrrole nitrogens is 1. The van der Waals surface area contributed by atoms with Gasteiger partial charge in [-0.2, -0.15) is 0 Å². The van der Waals surface area contributed by atoms with Gasteiger partial charge in [0.05, 0.1) is 18.3 Å². The molecule has 0 saturated carbocycles. The van der Waals surface area contributed by atoms with E-state index in [1.807, 2.05) is 26.8 Å². The fourth-order valence-electron chi connectivity index (χ4n) is 4.86. The van der Waals surface area contributed by atoms with Crippen molar-refractivity contribution in [1.29, 1.82) is 0 Å². The van der Waals surface area contributed by atoms with Crippen LogP contribution in [0.4, 0.5) is 0 Å². The van der Waals surface area contributed by atoms with Gasteiger partial charge in [-0.1, -0.05) is 0 Å². The van der Waals surface area contributed by atoms with Crippen molar-refractivity contribution in [1.82, 2.24) is 10.3 Å². The number of benzene rings is 2. The van der Waals surface area contributed by atoms with Crippen LogP contribution in [0.2, 0.25) is 0 Å². The van der Waals surface area contributed by atoms with Gasteiger partial charge in [0, 0.05) is 51.8 Å². The van der Waals surface area contributed by atoms with Crippen molar-refractivity contribution < 1.29 is 28.6 Å². The van der Waals surface area contributed by atoms with Gasteiger partial charge >= 0.3 is 5.63 Å². The largest absolute Gasteiger partial charge is 0.548 e. The zero-order chi connectivity index (χ0) is 26.4. The van der Waals surface area contributed by atoms with Crippen LogP contribution in [-0.4, -0.2) is 28.0 Å². The van der Waals surface area contributed by atoms with Crippen LogP contribution < -0.4 is 16.0 Å². The van der Waals surface area contributed by atoms with Gasteiger partial charge in [-0.05, 0) is 68.1 Å². The third kappa shape index (κ3) is 4.33. The minimum atomic E-state index is -1.43. The van der Waals surface area contributed by atoms with Crippen molar-refractivity contribution in [3.8, 4) is 5.75 Å². The Morgan fingerprint density at radius 2 is 1.86 bits per heavy atom. The van der Waals surface area contributed by atoms with Gasteiger partial charge in [-0.3, -0.25) is 4.79 Å². The molecule has 9 nitrogen and oxygen atoms in total. The lowest BCUT2D eigenvalue weighted by Crippen LogP contribution is -2.49. The van der Waals surface area contributed by atoms with Gasteiger partial charge in [0.1, 0.15) is 16.9 Å². The number of amides is 1. The number of furan rings is 1. The summed E-state index contributed by atoms with van der Waals surface area (Å²) < 4.78 is 11.2. The molecule has 3 aromatic heterocycles. The number of carbonyl (C=O) groups is 2. The fourth-order valence-corrected chi connectivity index (χ4v) is 4.86. The molecule has 5 aromatic rings. The summed E-state index contributed by atoms with van der Waals surface area (Å²) in [5.41, 5.74) is 4.67. The molecule has 0 aliphatic rings. The lowest BCUT2D eigenvalue weighted by Gasteiger charge is -2.19. The number of aryl methyl sites for hydroxylation is 3. The average molecular weight is 502 g/mol. The molecular formula is C28H25N2O7-. The number of nitrogens with one attached hydrogen (secondary N) is 2. The van der Waals surface area contributed by atoms with Gasteiger partial charge in [-0.25, -0.2) is 4.79 Å². The lowest BCUT2D eigenvalue weighted by atomic mass is 9.98. The summed E-state index contributed by atoms with van der Waals surface area (Å²) in [7, 11) is 0. The molecule has 3 heterocycles. The Morgan fingerprint density at radius 1 is 1.08 bits per heavy atom. The van der Waals surface area contributed by atoms with E-state index < -0.39 is 23.5 Å². The average Bonchev–Trinajstić information content (AvgIpc) is 3.42. The molecule has 37 heavy (non-hydrogen) atoms. The van der Waals surface area contributed by atoms with Crippen LogP contribution in [0.25, 0.3) is 32.8 Å². The molecule has 190 valence electrons. The summed E-state index contributed by atoms with van der Waals surface area (Å²) in [6, 6.07) is 5.36. The number of aliphatic carboxylic acids is 1. The number of phenolic OH excluding ortho intramolecular Hbond substituents is 1. The van der Waals surface area contributed by atoms with Crippen LogP contribution in [0.5, 0.6) is 5.75 Å². The normalized spacial score (nSPS) is 12.4. The van der Waals surface area contributed by atoms with E-state index in [1.54, 1.807) is 18.5 Å². The maximum absolute atomic E-state index is 12.8. The quantitative estimate of drug-likeness (QED) is 0.290. The standard InChI is InChI=1S/C28H26N2O7/c1-13-12-36-25-15(3)26-20(10-19(13)25)14(2)18(28(35)37-26)5-7-24(32)30-23(27(33)34)8-16-11-29-22-6-4-17(31)9-21(16)22/h4,6,9-12,23,29,31H,5,7-8H2,1-3H3,(H,30,32)(H,33,34)/p-1/t23-/m0/s1. The van der Waals surface area contributed by atoms with E-state index in [1.165, 1.54) is 12.1 Å². The number of carboxylic acids is 1. The summed E-state index contributed by atoms with van der Waals surface area (Å²) in [6.07, 6.45) is 3.23. The molecule has 9 heteroatoms. The third-order valence-corrected chi connectivity index (χ3v) is 6.93. The smallest absolute Gasteiger partial charge is 0.339 e. The predicted molar refractivity (Wildman–Crippen MR) is 135 cm³/mol. The van der Waals surface area contributed by atoms with E-state index >= 15 is 0 Å². The summed E-state index contributed by atoms with van der Waals surface area (Å²) in [6.45, 7) is 5.57. The molecule has 0 aliphatic heterocycles. The van der Waals surface area contributed by atoms with Crippen LogP contribution in [0, 0.1) is 20.8 Å². The van der Waals surface area contributed by atoms with Gasteiger partial charge < -0.3 is 34.1 Å². The molecule has 1 atom stereocenters. The Bertz CT molecular complexity index is 1760. The highest BCUT2D eigenvalue weighted by molar-refractivity contribution is 5.99. The van der Waals surface area contributed by atoms with E-state index in [9.17, 15) is 24.6 Å². The zero-order valence-corrected chi connectivity index (χ0v) is 20.6. The number of rotatable bonds is 7. The molecule has 3 N–H and O–H groups in total. The first kappa shape index (κ1) is 24.2. The summed E-state index contributed by atoms with van der Waals surface area (Å²) >= 11 is 0. The summed E-state index contributed by atoms with van der Waals surface area (Å²) in [5, 5.41) is 26.4. The Morgan fingerprint density at radius 3 is 2.62 bits per heavy atom. The minimum Gasteiger partial charge on any atom is -0.548 e. The molecule has 1 amide bonds. The van der Waals surface area contributed by atoms with Crippen LogP contribution in [0.3, 0.4) is 0 Å². The molecule has 0 saturated heterocycles. The maximum atomic E-state index is 12.8. The topological polar surface area (TPSA) is 149 Å². The predicted octanol–water partition coefficient (Wildman–Crippen LogP) is 3.06. The van der Waals surface area contributed by atoms with Crippen LogP contribution in [0.1, 0.15) is 34.2 Å².